The number of rotatable bonds is 10. The largest absolute Gasteiger partial charge is 0.494 e. The van der Waals surface area contributed by atoms with E-state index in [9.17, 15) is 14.9 Å². The molecule has 0 spiro atoms. The molecule has 40 heavy (non-hydrogen) atoms. The molecule has 0 aromatic heterocycles. The number of ether oxygens (including phenoxy) is 2. The van der Waals surface area contributed by atoms with Crippen LogP contribution in [0.2, 0.25) is 5.02 Å². The van der Waals surface area contributed by atoms with E-state index >= 15 is 0 Å². The lowest BCUT2D eigenvalue weighted by Gasteiger charge is -2.31. The van der Waals surface area contributed by atoms with Gasteiger partial charge in [0, 0.05) is 10.7 Å². The van der Waals surface area contributed by atoms with Gasteiger partial charge in [0.25, 0.3) is 0 Å². The number of allylic oxidation sites excluding steroid dienone is 1. The normalized spacial score (nSPS) is 14.7. The summed E-state index contributed by atoms with van der Waals surface area (Å²) in [7, 11) is 0. The van der Waals surface area contributed by atoms with Crippen molar-refractivity contribution < 1.29 is 19.1 Å². The number of hydrogen-bond donors (Lipinski definition) is 2. The predicted octanol–water partition coefficient (Wildman–Crippen LogP) is 6.51. The van der Waals surface area contributed by atoms with E-state index in [1.807, 2.05) is 37.3 Å². The van der Waals surface area contributed by atoms with Gasteiger partial charge in [-0.25, -0.2) is 4.79 Å². The minimum Gasteiger partial charge on any atom is -0.494 e. The number of nitrogens with one attached hydrogen (secondary N) is 2. The Hall–Kier alpha value is -4.19. The standard InChI is InChI=1S/C31H28ClN3O4S/c1-3-38-22-16-14-21(15-17-22)34-26(36)19-40-30-24(18-33)27(23-12-8-9-13-25(23)32)28(31(37)39-4-2)29(35-30)20-10-6-5-7-11-20/h5-17,27,35H,3-4,19H2,1-2H3,(H,34,36)/t27-/m0/s1. The quantitative estimate of drug-likeness (QED) is 0.267. The van der Waals surface area contributed by atoms with Gasteiger partial charge in [0.05, 0.1) is 52.8 Å². The van der Waals surface area contributed by atoms with Crippen LogP contribution in [0.25, 0.3) is 5.70 Å². The molecule has 1 aliphatic rings. The fraction of sp³-hybridized carbons (Fsp3) is 0.194. The highest BCUT2D eigenvalue weighted by Crippen LogP contribution is 2.45. The van der Waals surface area contributed by atoms with Crippen LogP contribution < -0.4 is 15.4 Å². The van der Waals surface area contributed by atoms with Crippen molar-refractivity contribution in [3.8, 4) is 11.8 Å². The predicted molar refractivity (Wildman–Crippen MR) is 159 cm³/mol. The molecule has 7 nitrogen and oxygen atoms in total. The van der Waals surface area contributed by atoms with E-state index in [-0.39, 0.29) is 29.4 Å². The highest BCUT2D eigenvalue weighted by atomic mass is 35.5. The summed E-state index contributed by atoms with van der Waals surface area (Å²) < 4.78 is 10.9. The third kappa shape index (κ3) is 6.68. The Balaban J connectivity index is 1.71. The molecule has 204 valence electrons. The maximum absolute atomic E-state index is 13.4. The number of carbonyl (C=O) groups excluding carboxylic acids is 2. The molecule has 0 saturated heterocycles. The van der Waals surface area contributed by atoms with E-state index in [1.54, 1.807) is 55.5 Å². The molecule has 1 atom stereocenters. The van der Waals surface area contributed by atoms with Crippen molar-refractivity contribution in [2.24, 2.45) is 0 Å². The number of anilines is 1. The number of carbonyl (C=O) groups is 2. The Kier molecular flexibility index (Phi) is 9.90. The Morgan fingerprint density at radius 1 is 1.00 bits per heavy atom. The van der Waals surface area contributed by atoms with Crippen molar-refractivity contribution in [1.82, 2.24) is 5.32 Å². The number of amides is 1. The molecule has 1 aliphatic heterocycles. The Morgan fingerprint density at radius 3 is 2.35 bits per heavy atom. The topological polar surface area (TPSA) is 100 Å². The Morgan fingerprint density at radius 2 is 1.70 bits per heavy atom. The van der Waals surface area contributed by atoms with Crippen molar-refractivity contribution in [3.63, 3.8) is 0 Å². The van der Waals surface area contributed by atoms with Crippen LogP contribution in [0, 0.1) is 11.3 Å². The monoisotopic (exact) mass is 573 g/mol. The number of halogens is 1. The van der Waals surface area contributed by atoms with Gasteiger partial charge in [-0.15, -0.1) is 0 Å². The van der Waals surface area contributed by atoms with E-state index < -0.39 is 11.9 Å². The van der Waals surface area contributed by atoms with Crippen molar-refractivity contribution in [1.29, 1.82) is 5.26 Å². The van der Waals surface area contributed by atoms with Crippen molar-refractivity contribution in [3.05, 3.63) is 111 Å². The average molecular weight is 574 g/mol. The molecule has 9 heteroatoms. The summed E-state index contributed by atoms with van der Waals surface area (Å²) in [5, 5.41) is 17.4. The average Bonchev–Trinajstić information content (AvgIpc) is 2.97. The zero-order valence-corrected chi connectivity index (χ0v) is 23.6. The fourth-order valence-corrected chi connectivity index (χ4v) is 5.40. The highest BCUT2D eigenvalue weighted by Gasteiger charge is 2.38. The molecule has 1 amide bonds. The molecular formula is C31H28ClN3O4S. The molecule has 1 heterocycles. The zero-order chi connectivity index (χ0) is 28.5. The third-order valence-corrected chi connectivity index (χ3v) is 7.38. The Labute approximate surface area is 242 Å². The van der Waals surface area contributed by atoms with Gasteiger partial charge in [-0.1, -0.05) is 71.9 Å². The van der Waals surface area contributed by atoms with Crippen LogP contribution in [0.5, 0.6) is 5.75 Å². The van der Waals surface area contributed by atoms with E-state index in [1.165, 1.54) is 11.8 Å². The third-order valence-electron chi connectivity index (χ3n) is 6.02. The van der Waals surface area contributed by atoms with Crippen molar-refractivity contribution in [2.75, 3.05) is 24.3 Å². The van der Waals surface area contributed by atoms with Gasteiger partial charge in [0.2, 0.25) is 5.91 Å². The lowest BCUT2D eigenvalue weighted by Crippen LogP contribution is -2.30. The van der Waals surface area contributed by atoms with Gasteiger partial charge < -0.3 is 20.1 Å². The zero-order valence-electron chi connectivity index (χ0n) is 22.1. The minimum atomic E-state index is -0.800. The van der Waals surface area contributed by atoms with E-state index in [0.717, 1.165) is 5.56 Å². The summed E-state index contributed by atoms with van der Waals surface area (Å²) in [5.74, 6) is -0.869. The summed E-state index contributed by atoms with van der Waals surface area (Å²) in [6, 6.07) is 25.8. The Bertz CT molecular complexity index is 1480. The molecule has 3 aromatic rings. The van der Waals surface area contributed by atoms with E-state index in [0.29, 0.717) is 39.4 Å². The van der Waals surface area contributed by atoms with Gasteiger partial charge in [-0.05, 0) is 55.3 Å². The number of thioether (sulfide) groups is 1. The van der Waals surface area contributed by atoms with E-state index in [2.05, 4.69) is 16.7 Å². The first-order valence-electron chi connectivity index (χ1n) is 12.7. The smallest absolute Gasteiger partial charge is 0.337 e. The molecule has 0 bridgehead atoms. The molecule has 0 unspecified atom stereocenters. The summed E-state index contributed by atoms with van der Waals surface area (Å²) in [5.41, 5.74) is 3.00. The van der Waals surface area contributed by atoms with Crippen LogP contribution >= 0.6 is 23.4 Å². The summed E-state index contributed by atoms with van der Waals surface area (Å²) >= 11 is 7.79. The van der Waals surface area contributed by atoms with Crippen LogP contribution in [0.3, 0.4) is 0 Å². The minimum absolute atomic E-state index is 0.0206. The number of nitriles is 1. The number of nitrogens with zero attached hydrogens (tertiary/aromatic N) is 1. The van der Waals surface area contributed by atoms with E-state index in [4.69, 9.17) is 21.1 Å². The first kappa shape index (κ1) is 28.8. The van der Waals surface area contributed by atoms with Gasteiger partial charge in [-0.2, -0.15) is 5.26 Å². The van der Waals surface area contributed by atoms with Gasteiger partial charge in [-0.3, -0.25) is 4.79 Å². The van der Waals surface area contributed by atoms with Gasteiger partial charge >= 0.3 is 5.97 Å². The second kappa shape index (κ2) is 13.7. The molecule has 4 rings (SSSR count). The highest BCUT2D eigenvalue weighted by molar-refractivity contribution is 8.03. The maximum atomic E-state index is 13.4. The summed E-state index contributed by atoms with van der Waals surface area (Å²) in [6.07, 6.45) is 0. The number of benzene rings is 3. The van der Waals surface area contributed by atoms with Crippen LogP contribution in [0.1, 0.15) is 30.9 Å². The first-order valence-corrected chi connectivity index (χ1v) is 14.1. The molecule has 0 saturated carbocycles. The van der Waals surface area contributed by atoms with Crippen molar-refractivity contribution >= 4 is 46.6 Å². The number of esters is 1. The maximum Gasteiger partial charge on any atom is 0.337 e. The molecule has 0 radical (unpaired) electrons. The summed E-state index contributed by atoms with van der Waals surface area (Å²) in [6.45, 7) is 4.35. The lowest BCUT2D eigenvalue weighted by molar-refractivity contribution is -0.138. The lowest BCUT2D eigenvalue weighted by atomic mass is 9.81. The van der Waals surface area contributed by atoms with Crippen LogP contribution in [-0.2, 0) is 14.3 Å². The second-order valence-electron chi connectivity index (χ2n) is 8.60. The van der Waals surface area contributed by atoms with Gasteiger partial charge in [0.15, 0.2) is 0 Å². The number of dihydropyridines is 1. The van der Waals surface area contributed by atoms with Crippen LogP contribution in [0.15, 0.2) is 95.0 Å². The first-order chi connectivity index (χ1) is 19.5. The van der Waals surface area contributed by atoms with Crippen LogP contribution in [-0.4, -0.2) is 30.8 Å². The summed E-state index contributed by atoms with van der Waals surface area (Å²) in [4.78, 5) is 26.3. The molecular weight excluding hydrogens is 546 g/mol. The SMILES string of the molecule is CCOC(=O)C1=C(c2ccccc2)NC(SCC(=O)Nc2ccc(OCC)cc2)=C(C#N)[C@@H]1c1ccccc1Cl. The number of hydrogen-bond acceptors (Lipinski definition) is 7. The second-order valence-corrected chi connectivity index (χ2v) is 10.00. The molecule has 0 fully saturated rings. The molecule has 2 N–H and O–H groups in total. The molecule has 3 aromatic carbocycles. The van der Waals surface area contributed by atoms with Crippen molar-refractivity contribution in [2.45, 2.75) is 19.8 Å². The fourth-order valence-electron chi connectivity index (χ4n) is 4.31. The van der Waals surface area contributed by atoms with Crippen LogP contribution in [0.4, 0.5) is 5.69 Å². The van der Waals surface area contributed by atoms with Gasteiger partial charge in [0.1, 0.15) is 5.75 Å². The molecule has 0 aliphatic carbocycles.